The summed E-state index contributed by atoms with van der Waals surface area (Å²) >= 11 is 0. The van der Waals surface area contributed by atoms with Crippen LogP contribution in [0, 0.1) is 0 Å². The Balaban J connectivity index is 1.67. The average molecular weight is 291 g/mol. The highest BCUT2D eigenvalue weighted by molar-refractivity contribution is 7.87. The van der Waals surface area contributed by atoms with Crippen LogP contribution >= 0.6 is 0 Å². The third-order valence-corrected chi connectivity index (χ3v) is 5.24. The Morgan fingerprint density at radius 3 is 2.47 bits per heavy atom. The van der Waals surface area contributed by atoms with Gasteiger partial charge in [0.05, 0.1) is 0 Å². The maximum absolute atomic E-state index is 12.1. The average Bonchev–Trinajstić information content (AvgIpc) is 3.19. The van der Waals surface area contributed by atoms with E-state index in [0.717, 1.165) is 25.8 Å². The Kier molecular flexibility index (Phi) is 5.58. The van der Waals surface area contributed by atoms with Gasteiger partial charge >= 0.3 is 0 Å². The van der Waals surface area contributed by atoms with Crippen LogP contribution in [0.3, 0.4) is 0 Å². The number of nitrogens with zero attached hydrogens (tertiary/aromatic N) is 1. The van der Waals surface area contributed by atoms with Crippen LogP contribution in [0.1, 0.15) is 32.1 Å². The molecule has 0 amide bonds. The summed E-state index contributed by atoms with van der Waals surface area (Å²) < 4.78 is 33.6. The molecule has 0 aromatic rings. The topological polar surface area (TPSA) is 70.7 Å². The number of nitrogens with one attached hydrogen (secondary N) is 2. The molecular weight excluding hydrogens is 266 g/mol. The van der Waals surface area contributed by atoms with Gasteiger partial charge in [0.15, 0.2) is 0 Å². The number of hydrogen-bond acceptors (Lipinski definition) is 4. The first-order valence-corrected chi connectivity index (χ1v) is 8.56. The number of hydrogen-bond donors (Lipinski definition) is 2. The zero-order valence-electron chi connectivity index (χ0n) is 11.6. The summed E-state index contributed by atoms with van der Waals surface area (Å²) in [6.45, 7) is 2.73. The summed E-state index contributed by atoms with van der Waals surface area (Å²) in [5.74, 6) is 0. The lowest BCUT2D eigenvalue weighted by atomic mass is 10.1. The molecule has 1 aliphatic carbocycles. The molecule has 2 aliphatic rings. The van der Waals surface area contributed by atoms with Crippen molar-refractivity contribution in [2.75, 3.05) is 33.4 Å². The first-order chi connectivity index (χ1) is 9.08. The van der Waals surface area contributed by atoms with Gasteiger partial charge in [0.1, 0.15) is 0 Å². The van der Waals surface area contributed by atoms with Crippen LogP contribution in [0.4, 0.5) is 0 Å². The van der Waals surface area contributed by atoms with E-state index in [-0.39, 0.29) is 6.04 Å². The van der Waals surface area contributed by atoms with E-state index in [0.29, 0.717) is 25.8 Å². The van der Waals surface area contributed by atoms with E-state index in [1.165, 1.54) is 17.1 Å². The Bertz CT molecular complexity index is 364. The minimum atomic E-state index is -3.34. The van der Waals surface area contributed by atoms with Crippen LogP contribution in [0.25, 0.3) is 0 Å². The smallest absolute Gasteiger partial charge is 0.279 e. The second-order valence-corrected chi connectivity index (χ2v) is 7.22. The van der Waals surface area contributed by atoms with E-state index in [1.54, 1.807) is 7.05 Å². The Hall–Kier alpha value is -0.210. The maximum Gasteiger partial charge on any atom is 0.279 e. The molecule has 1 saturated heterocycles. The fraction of sp³-hybridized carbons (Fsp3) is 1.00. The van der Waals surface area contributed by atoms with Gasteiger partial charge in [-0.05, 0) is 38.6 Å². The van der Waals surface area contributed by atoms with Crippen molar-refractivity contribution in [1.82, 2.24) is 14.3 Å². The number of rotatable bonds is 8. The van der Waals surface area contributed by atoms with E-state index < -0.39 is 10.2 Å². The molecule has 0 aromatic heterocycles. The molecule has 0 bridgehead atoms. The third kappa shape index (κ3) is 5.35. The molecule has 0 atom stereocenters. The van der Waals surface area contributed by atoms with E-state index in [9.17, 15) is 8.42 Å². The molecule has 0 unspecified atom stereocenters. The van der Waals surface area contributed by atoms with Crippen molar-refractivity contribution in [2.24, 2.45) is 0 Å². The van der Waals surface area contributed by atoms with Crippen LogP contribution in [0.5, 0.6) is 0 Å². The van der Waals surface area contributed by atoms with Gasteiger partial charge in [-0.3, -0.25) is 0 Å². The van der Waals surface area contributed by atoms with Gasteiger partial charge < -0.3 is 10.1 Å². The van der Waals surface area contributed by atoms with Gasteiger partial charge in [-0.2, -0.15) is 17.4 Å². The van der Waals surface area contributed by atoms with E-state index in [4.69, 9.17) is 4.74 Å². The molecule has 7 heteroatoms. The lowest BCUT2D eigenvalue weighted by molar-refractivity contribution is 0.0828. The first-order valence-electron chi connectivity index (χ1n) is 7.12. The Morgan fingerprint density at radius 2 is 1.84 bits per heavy atom. The van der Waals surface area contributed by atoms with Gasteiger partial charge in [0, 0.05) is 38.9 Å². The molecule has 19 heavy (non-hydrogen) atoms. The molecule has 0 spiro atoms. The van der Waals surface area contributed by atoms with Crippen LogP contribution in [-0.2, 0) is 14.9 Å². The van der Waals surface area contributed by atoms with Crippen molar-refractivity contribution < 1.29 is 13.2 Å². The predicted molar refractivity (Wildman–Crippen MR) is 74.2 cm³/mol. The normalized spacial score (nSPS) is 22.0. The molecule has 0 aromatic carbocycles. The van der Waals surface area contributed by atoms with Crippen molar-refractivity contribution in [3.8, 4) is 0 Å². The molecule has 2 fully saturated rings. The molecule has 6 nitrogen and oxygen atoms in total. The molecule has 2 rings (SSSR count). The standard InChI is InChI=1S/C12H25N3O3S/c1-15(8-2-7-13-11-3-4-11)19(16,17)14-12-5-9-18-10-6-12/h11-14H,2-10H2,1H3. The zero-order chi connectivity index (χ0) is 13.7. The maximum atomic E-state index is 12.1. The summed E-state index contributed by atoms with van der Waals surface area (Å²) in [4.78, 5) is 0. The second kappa shape index (κ2) is 6.99. The molecule has 1 saturated carbocycles. The largest absolute Gasteiger partial charge is 0.381 e. The highest BCUT2D eigenvalue weighted by atomic mass is 32.2. The lowest BCUT2D eigenvalue weighted by Gasteiger charge is -2.26. The third-order valence-electron chi connectivity index (χ3n) is 3.61. The quantitative estimate of drug-likeness (QED) is 0.621. The predicted octanol–water partition coefficient (Wildman–Crippen LogP) is 0.0737. The van der Waals surface area contributed by atoms with Crippen LogP contribution in [0.15, 0.2) is 0 Å². The lowest BCUT2D eigenvalue weighted by Crippen LogP contribution is -2.46. The highest BCUT2D eigenvalue weighted by Gasteiger charge is 2.24. The van der Waals surface area contributed by atoms with Crippen molar-refractivity contribution in [3.63, 3.8) is 0 Å². The van der Waals surface area contributed by atoms with Crippen LogP contribution in [-0.4, -0.2) is 58.2 Å². The second-order valence-electron chi connectivity index (χ2n) is 5.41. The molecule has 1 heterocycles. The van der Waals surface area contributed by atoms with Gasteiger partial charge in [0.25, 0.3) is 10.2 Å². The van der Waals surface area contributed by atoms with Crippen molar-refractivity contribution >= 4 is 10.2 Å². The summed E-state index contributed by atoms with van der Waals surface area (Å²) in [6.07, 6.45) is 4.90. The summed E-state index contributed by atoms with van der Waals surface area (Å²) in [6, 6.07) is 0.702. The molecule has 1 aliphatic heterocycles. The van der Waals surface area contributed by atoms with Gasteiger partial charge in [-0.1, -0.05) is 0 Å². The van der Waals surface area contributed by atoms with Crippen molar-refractivity contribution in [3.05, 3.63) is 0 Å². The van der Waals surface area contributed by atoms with E-state index in [2.05, 4.69) is 10.0 Å². The first kappa shape index (κ1) is 15.2. The molecule has 112 valence electrons. The van der Waals surface area contributed by atoms with Crippen molar-refractivity contribution in [2.45, 2.75) is 44.2 Å². The zero-order valence-corrected chi connectivity index (χ0v) is 12.4. The minimum Gasteiger partial charge on any atom is -0.381 e. The summed E-state index contributed by atoms with van der Waals surface area (Å²) in [5.41, 5.74) is 0. The van der Waals surface area contributed by atoms with Gasteiger partial charge in [-0.25, -0.2) is 0 Å². The minimum absolute atomic E-state index is 0.0192. The SMILES string of the molecule is CN(CCCNC1CC1)S(=O)(=O)NC1CCOCC1. The highest BCUT2D eigenvalue weighted by Crippen LogP contribution is 2.18. The monoisotopic (exact) mass is 291 g/mol. The summed E-state index contributed by atoms with van der Waals surface area (Å²) in [7, 11) is -1.71. The summed E-state index contributed by atoms with van der Waals surface area (Å²) in [5, 5.41) is 3.39. The van der Waals surface area contributed by atoms with E-state index in [1.807, 2.05) is 0 Å². The van der Waals surface area contributed by atoms with Gasteiger partial charge in [0.2, 0.25) is 0 Å². The van der Waals surface area contributed by atoms with Crippen molar-refractivity contribution in [1.29, 1.82) is 0 Å². The van der Waals surface area contributed by atoms with E-state index >= 15 is 0 Å². The van der Waals surface area contributed by atoms with Crippen LogP contribution in [0.2, 0.25) is 0 Å². The fourth-order valence-corrected chi connectivity index (χ4v) is 3.34. The molecule has 0 radical (unpaired) electrons. The fourth-order valence-electron chi connectivity index (χ4n) is 2.13. The molecular formula is C12H25N3O3S. The number of ether oxygens (including phenoxy) is 1. The Labute approximate surface area is 116 Å². The Morgan fingerprint density at radius 1 is 1.16 bits per heavy atom. The van der Waals surface area contributed by atoms with Gasteiger partial charge in [-0.15, -0.1) is 0 Å². The van der Waals surface area contributed by atoms with Crippen LogP contribution < -0.4 is 10.0 Å². The molecule has 2 N–H and O–H groups in total.